The number of aliphatic hydroxyl groups is 2. The lowest BCUT2D eigenvalue weighted by molar-refractivity contribution is -0.141. The monoisotopic (exact) mass is 628 g/mol. The van der Waals surface area contributed by atoms with Crippen molar-refractivity contribution in [2.75, 3.05) is 27.4 Å². The molecular formula is C36H40N2O8. The van der Waals surface area contributed by atoms with Crippen LogP contribution in [0.1, 0.15) is 22.3 Å². The molecule has 0 radical (unpaired) electrons. The van der Waals surface area contributed by atoms with Crippen LogP contribution in [-0.2, 0) is 22.7 Å². The predicted octanol–water partition coefficient (Wildman–Crippen LogP) is 4.39. The number of hydrogen-bond donors (Lipinski definition) is 6. The van der Waals surface area contributed by atoms with Crippen LogP contribution in [0.2, 0.25) is 0 Å². The van der Waals surface area contributed by atoms with Crippen LogP contribution in [0.5, 0.6) is 11.5 Å². The van der Waals surface area contributed by atoms with Gasteiger partial charge in [0.25, 0.3) is 0 Å². The molecule has 0 amide bonds. The number of hydrogen-bond acceptors (Lipinski definition) is 8. The molecule has 0 saturated heterocycles. The van der Waals surface area contributed by atoms with Crippen molar-refractivity contribution in [2.45, 2.75) is 39.0 Å². The molecule has 6 N–H and O–H groups in total. The number of benzene rings is 4. The maximum atomic E-state index is 11.3. The van der Waals surface area contributed by atoms with Gasteiger partial charge >= 0.3 is 11.9 Å². The second kappa shape index (κ2) is 15.5. The summed E-state index contributed by atoms with van der Waals surface area (Å²) in [6.45, 7) is 3.58. The molecule has 0 aromatic heterocycles. The predicted molar refractivity (Wildman–Crippen MR) is 176 cm³/mol. The highest BCUT2D eigenvalue weighted by molar-refractivity contribution is 5.84. The van der Waals surface area contributed by atoms with Gasteiger partial charge in [-0.1, -0.05) is 60.7 Å². The zero-order valence-electron chi connectivity index (χ0n) is 26.3. The van der Waals surface area contributed by atoms with Gasteiger partial charge in [0.15, 0.2) is 0 Å². The summed E-state index contributed by atoms with van der Waals surface area (Å²) in [5, 5.41) is 42.8. The van der Waals surface area contributed by atoms with Crippen molar-refractivity contribution < 1.29 is 39.5 Å². The molecule has 0 aliphatic carbocycles. The van der Waals surface area contributed by atoms with Crippen molar-refractivity contribution in [3.8, 4) is 44.9 Å². The summed E-state index contributed by atoms with van der Waals surface area (Å²) in [6.07, 6.45) is 0. The Kier molecular flexibility index (Phi) is 11.5. The van der Waals surface area contributed by atoms with E-state index in [1.807, 2.05) is 48.5 Å². The molecule has 0 saturated carbocycles. The first-order valence-electron chi connectivity index (χ1n) is 14.8. The summed E-state index contributed by atoms with van der Waals surface area (Å²) >= 11 is 0. The van der Waals surface area contributed by atoms with Crippen molar-refractivity contribution in [1.82, 2.24) is 10.6 Å². The molecule has 0 aliphatic heterocycles. The number of carboxylic acid groups (broad SMARTS) is 2. The van der Waals surface area contributed by atoms with Gasteiger partial charge < -0.3 is 29.9 Å². The summed E-state index contributed by atoms with van der Waals surface area (Å²) < 4.78 is 11.3. The minimum atomic E-state index is -1.12. The van der Waals surface area contributed by atoms with Gasteiger partial charge in [-0.25, -0.2) is 0 Å². The van der Waals surface area contributed by atoms with Crippen LogP contribution in [-0.4, -0.2) is 71.9 Å². The van der Waals surface area contributed by atoms with E-state index in [4.69, 9.17) is 9.47 Å². The van der Waals surface area contributed by atoms with Gasteiger partial charge in [-0.2, -0.15) is 0 Å². The van der Waals surface area contributed by atoms with E-state index in [0.717, 1.165) is 55.6 Å². The molecule has 2 unspecified atom stereocenters. The Morgan fingerprint density at radius 1 is 0.630 bits per heavy atom. The van der Waals surface area contributed by atoms with E-state index in [9.17, 15) is 30.0 Å². The highest BCUT2D eigenvalue weighted by atomic mass is 16.5. The zero-order chi connectivity index (χ0) is 33.4. The lowest BCUT2D eigenvalue weighted by Crippen LogP contribution is -2.39. The van der Waals surface area contributed by atoms with Gasteiger partial charge in [0.1, 0.15) is 23.6 Å². The van der Waals surface area contributed by atoms with Crippen molar-refractivity contribution in [3.05, 3.63) is 95.1 Å². The Hall–Kier alpha value is -4.74. The van der Waals surface area contributed by atoms with Gasteiger partial charge in [0.2, 0.25) is 0 Å². The Bertz CT molecular complexity index is 1580. The number of aliphatic hydroxyl groups excluding tert-OH is 2. The minimum absolute atomic E-state index is 0.222. The topological polar surface area (TPSA) is 158 Å². The number of carbonyl (C=O) groups is 2. The van der Waals surface area contributed by atoms with E-state index in [0.29, 0.717) is 11.5 Å². The van der Waals surface area contributed by atoms with E-state index < -0.39 is 37.2 Å². The Morgan fingerprint density at radius 3 is 1.33 bits per heavy atom. The molecule has 10 heteroatoms. The molecule has 4 aromatic rings. The van der Waals surface area contributed by atoms with E-state index in [1.165, 1.54) is 0 Å². The van der Waals surface area contributed by atoms with Gasteiger partial charge in [-0.05, 0) is 70.5 Å². The van der Waals surface area contributed by atoms with E-state index in [1.54, 1.807) is 14.2 Å². The SMILES string of the molecule is COc1cc(-c2cccc(-c3cccc(-c4ccc(CNC(CO)C(=O)O)c(OC)c4)c3C)c2C)ccc1CNC(CO)C(=O)O. The van der Waals surface area contributed by atoms with Crippen LogP contribution in [0.25, 0.3) is 33.4 Å². The van der Waals surface area contributed by atoms with Gasteiger partial charge in [0.05, 0.1) is 27.4 Å². The normalized spacial score (nSPS) is 12.4. The van der Waals surface area contributed by atoms with Crippen LogP contribution in [0.15, 0.2) is 72.8 Å². The quantitative estimate of drug-likeness (QED) is 0.112. The van der Waals surface area contributed by atoms with Crippen molar-refractivity contribution in [3.63, 3.8) is 0 Å². The lowest BCUT2D eigenvalue weighted by atomic mass is 9.87. The molecule has 4 rings (SSSR count). The molecule has 4 aromatic carbocycles. The van der Waals surface area contributed by atoms with E-state index in [2.05, 4.69) is 48.7 Å². The van der Waals surface area contributed by atoms with Crippen molar-refractivity contribution in [1.29, 1.82) is 0 Å². The minimum Gasteiger partial charge on any atom is -0.496 e. The largest absolute Gasteiger partial charge is 0.496 e. The smallest absolute Gasteiger partial charge is 0.323 e. The standard InChI is InChI=1S/C36H40N2O8/c1-21-27(23-11-13-25(33(15-23)45-3)17-37-31(19-39)35(41)42)7-5-9-29(21)30-10-6-8-28(22(30)2)24-12-14-26(34(16-24)46-4)18-38-32(20-40)36(43)44/h5-16,31-32,37-40H,17-20H2,1-4H3,(H,41,42)(H,43,44). The second-order valence-corrected chi connectivity index (χ2v) is 10.9. The summed E-state index contributed by atoms with van der Waals surface area (Å²) in [5.41, 5.74) is 9.81. The molecule has 46 heavy (non-hydrogen) atoms. The summed E-state index contributed by atoms with van der Waals surface area (Å²) in [6, 6.07) is 21.8. The van der Waals surface area contributed by atoms with Crippen LogP contribution in [0.4, 0.5) is 0 Å². The Balaban J connectivity index is 1.65. The number of aliphatic carboxylic acids is 2. The number of methoxy groups -OCH3 is 2. The fraction of sp³-hybridized carbons (Fsp3) is 0.278. The van der Waals surface area contributed by atoms with Crippen LogP contribution in [0.3, 0.4) is 0 Å². The summed E-state index contributed by atoms with van der Waals surface area (Å²) in [7, 11) is 3.14. The third-order valence-electron chi connectivity index (χ3n) is 8.19. The Labute approximate surface area is 268 Å². The average molecular weight is 629 g/mol. The van der Waals surface area contributed by atoms with Gasteiger partial charge in [-0.3, -0.25) is 20.2 Å². The van der Waals surface area contributed by atoms with Crippen LogP contribution in [0, 0.1) is 13.8 Å². The van der Waals surface area contributed by atoms with Crippen LogP contribution < -0.4 is 20.1 Å². The third-order valence-corrected chi connectivity index (χ3v) is 8.19. The fourth-order valence-corrected chi connectivity index (χ4v) is 5.52. The highest BCUT2D eigenvalue weighted by Crippen LogP contribution is 2.38. The number of nitrogens with one attached hydrogen (secondary N) is 2. The first-order chi connectivity index (χ1) is 22.1. The highest BCUT2D eigenvalue weighted by Gasteiger charge is 2.19. The number of carboxylic acids is 2. The molecule has 0 heterocycles. The zero-order valence-corrected chi connectivity index (χ0v) is 26.3. The molecule has 242 valence electrons. The number of ether oxygens (including phenoxy) is 2. The molecule has 0 bridgehead atoms. The molecule has 0 spiro atoms. The summed E-state index contributed by atoms with van der Waals surface area (Å²) in [5.74, 6) is -1.03. The molecule has 10 nitrogen and oxygen atoms in total. The maximum Gasteiger partial charge on any atom is 0.323 e. The molecule has 0 fully saturated rings. The fourth-order valence-electron chi connectivity index (χ4n) is 5.52. The van der Waals surface area contributed by atoms with Crippen molar-refractivity contribution >= 4 is 11.9 Å². The van der Waals surface area contributed by atoms with Crippen LogP contribution >= 0.6 is 0 Å². The Morgan fingerprint density at radius 2 is 1.00 bits per heavy atom. The van der Waals surface area contributed by atoms with Gasteiger partial charge in [-0.15, -0.1) is 0 Å². The lowest BCUT2D eigenvalue weighted by Gasteiger charge is -2.19. The maximum absolute atomic E-state index is 11.3. The average Bonchev–Trinajstić information content (AvgIpc) is 3.05. The molecule has 2 atom stereocenters. The molecule has 0 aliphatic rings. The van der Waals surface area contributed by atoms with Crippen molar-refractivity contribution in [2.24, 2.45) is 0 Å². The first kappa shape index (κ1) is 34.1. The van der Waals surface area contributed by atoms with E-state index >= 15 is 0 Å². The summed E-state index contributed by atoms with van der Waals surface area (Å²) in [4.78, 5) is 22.6. The first-order valence-corrected chi connectivity index (χ1v) is 14.8. The molecular weight excluding hydrogens is 588 g/mol. The van der Waals surface area contributed by atoms with E-state index in [-0.39, 0.29) is 13.1 Å². The third kappa shape index (κ3) is 7.55. The second-order valence-electron chi connectivity index (χ2n) is 10.9. The van der Waals surface area contributed by atoms with Gasteiger partial charge in [0, 0.05) is 24.2 Å². The number of rotatable bonds is 15.